The molecule has 3 nitrogen and oxygen atoms in total. The second-order valence-electron chi connectivity index (χ2n) is 3.68. The van der Waals surface area contributed by atoms with Gasteiger partial charge in [0.15, 0.2) is 0 Å². The van der Waals surface area contributed by atoms with Crippen molar-refractivity contribution in [3.05, 3.63) is 44.6 Å². The zero-order valence-corrected chi connectivity index (χ0v) is 12.1. The van der Waals surface area contributed by atoms with Gasteiger partial charge in [0.2, 0.25) is 0 Å². The van der Waals surface area contributed by atoms with E-state index in [0.717, 1.165) is 31.3 Å². The zero-order chi connectivity index (χ0) is 12.4. The van der Waals surface area contributed by atoms with Crippen LogP contribution in [0.4, 0.5) is 17.2 Å². The molecular weight excluding hydrogens is 349 g/mol. The van der Waals surface area contributed by atoms with Gasteiger partial charge in [-0.15, -0.1) is 0 Å². The van der Waals surface area contributed by atoms with Crippen LogP contribution in [0.1, 0.15) is 5.56 Å². The summed E-state index contributed by atoms with van der Waals surface area (Å²) in [5.41, 5.74) is 8.50. The largest absolute Gasteiger partial charge is 0.398 e. The molecule has 0 saturated heterocycles. The Bertz CT molecular complexity index is 557. The van der Waals surface area contributed by atoms with E-state index >= 15 is 0 Å². The summed E-state index contributed by atoms with van der Waals surface area (Å²) in [5.74, 6) is 0.730. The molecule has 3 N–H and O–H groups in total. The topological polar surface area (TPSA) is 50.9 Å². The molecule has 0 aliphatic heterocycles. The SMILES string of the molecule is Cc1cnc(Nc2ccc(Cl)cc2I)cc1N. The third kappa shape index (κ3) is 3.01. The number of anilines is 3. The summed E-state index contributed by atoms with van der Waals surface area (Å²) < 4.78 is 1.04. The number of nitrogens with two attached hydrogens (primary N) is 1. The number of nitrogens with zero attached hydrogens (tertiary/aromatic N) is 1. The van der Waals surface area contributed by atoms with Gasteiger partial charge in [0.25, 0.3) is 0 Å². The van der Waals surface area contributed by atoms with E-state index in [1.807, 2.05) is 31.2 Å². The number of nitrogens with one attached hydrogen (secondary N) is 1. The summed E-state index contributed by atoms with van der Waals surface area (Å²) in [6.45, 7) is 1.93. The van der Waals surface area contributed by atoms with E-state index in [2.05, 4.69) is 32.9 Å². The maximum Gasteiger partial charge on any atom is 0.132 e. The van der Waals surface area contributed by atoms with Crippen molar-refractivity contribution in [2.75, 3.05) is 11.1 Å². The molecule has 0 spiro atoms. The van der Waals surface area contributed by atoms with E-state index in [1.54, 1.807) is 6.20 Å². The third-order valence-electron chi connectivity index (χ3n) is 2.34. The van der Waals surface area contributed by atoms with Crippen molar-refractivity contribution in [1.82, 2.24) is 4.98 Å². The first-order chi connectivity index (χ1) is 8.06. The molecule has 0 bridgehead atoms. The van der Waals surface area contributed by atoms with E-state index in [-0.39, 0.29) is 0 Å². The van der Waals surface area contributed by atoms with E-state index in [9.17, 15) is 0 Å². The lowest BCUT2D eigenvalue weighted by molar-refractivity contribution is 1.26. The fraction of sp³-hybridized carbons (Fsp3) is 0.0833. The number of benzene rings is 1. The lowest BCUT2D eigenvalue weighted by Crippen LogP contribution is -1.98. The molecule has 1 heterocycles. The van der Waals surface area contributed by atoms with Crippen molar-refractivity contribution in [3.8, 4) is 0 Å². The van der Waals surface area contributed by atoms with Crippen LogP contribution in [-0.4, -0.2) is 4.98 Å². The van der Waals surface area contributed by atoms with Gasteiger partial charge in [-0.1, -0.05) is 11.6 Å². The zero-order valence-electron chi connectivity index (χ0n) is 9.17. The first kappa shape index (κ1) is 12.4. The van der Waals surface area contributed by atoms with Crippen LogP contribution >= 0.6 is 34.2 Å². The van der Waals surface area contributed by atoms with Gasteiger partial charge >= 0.3 is 0 Å². The van der Waals surface area contributed by atoms with Crippen LogP contribution in [0.2, 0.25) is 5.02 Å². The Morgan fingerprint density at radius 2 is 2.12 bits per heavy atom. The molecular formula is C12H11ClIN3. The molecule has 88 valence electrons. The molecule has 1 aromatic carbocycles. The van der Waals surface area contributed by atoms with Crippen LogP contribution in [0.3, 0.4) is 0 Å². The minimum Gasteiger partial charge on any atom is -0.398 e. The lowest BCUT2D eigenvalue weighted by Gasteiger charge is -2.09. The monoisotopic (exact) mass is 359 g/mol. The number of aromatic nitrogens is 1. The highest BCUT2D eigenvalue weighted by Gasteiger charge is 2.03. The average Bonchev–Trinajstić information content (AvgIpc) is 2.27. The molecule has 0 saturated carbocycles. The van der Waals surface area contributed by atoms with Crippen LogP contribution in [0.15, 0.2) is 30.5 Å². The number of hydrogen-bond donors (Lipinski definition) is 2. The fourth-order valence-electron chi connectivity index (χ4n) is 1.34. The first-order valence-corrected chi connectivity index (χ1v) is 6.46. The van der Waals surface area contributed by atoms with Crippen LogP contribution in [0, 0.1) is 10.5 Å². The van der Waals surface area contributed by atoms with Gasteiger partial charge in [0.05, 0.1) is 5.69 Å². The van der Waals surface area contributed by atoms with Crippen LogP contribution < -0.4 is 11.1 Å². The van der Waals surface area contributed by atoms with Crippen molar-refractivity contribution in [3.63, 3.8) is 0 Å². The molecule has 0 amide bonds. The van der Waals surface area contributed by atoms with Crippen molar-refractivity contribution in [1.29, 1.82) is 0 Å². The number of pyridine rings is 1. The van der Waals surface area contributed by atoms with Crippen molar-refractivity contribution >= 4 is 51.4 Å². The Balaban J connectivity index is 2.28. The average molecular weight is 360 g/mol. The minimum absolute atomic E-state index is 0.719. The third-order valence-corrected chi connectivity index (χ3v) is 3.47. The molecule has 0 aliphatic rings. The van der Waals surface area contributed by atoms with E-state index in [0.29, 0.717) is 0 Å². The Morgan fingerprint density at radius 3 is 2.76 bits per heavy atom. The quantitative estimate of drug-likeness (QED) is 0.798. The predicted octanol–water partition coefficient (Wildman–Crippen LogP) is 3.97. The van der Waals surface area contributed by atoms with Gasteiger partial charge < -0.3 is 11.1 Å². The maximum absolute atomic E-state index is 5.90. The van der Waals surface area contributed by atoms with Crippen molar-refractivity contribution in [2.24, 2.45) is 0 Å². The Kier molecular flexibility index (Phi) is 3.73. The first-order valence-electron chi connectivity index (χ1n) is 5.00. The summed E-state index contributed by atoms with van der Waals surface area (Å²) in [6, 6.07) is 7.47. The highest BCUT2D eigenvalue weighted by molar-refractivity contribution is 14.1. The molecule has 0 radical (unpaired) electrons. The predicted molar refractivity (Wildman–Crippen MR) is 80.8 cm³/mol. The molecule has 1 aromatic heterocycles. The number of aryl methyl sites for hydroxylation is 1. The minimum atomic E-state index is 0.719. The van der Waals surface area contributed by atoms with Gasteiger partial charge in [0.1, 0.15) is 5.82 Å². The summed E-state index contributed by atoms with van der Waals surface area (Å²) in [7, 11) is 0. The van der Waals surface area contributed by atoms with E-state index in [4.69, 9.17) is 17.3 Å². The number of hydrogen-bond acceptors (Lipinski definition) is 3. The highest BCUT2D eigenvalue weighted by atomic mass is 127. The standard InChI is InChI=1S/C12H11ClIN3/c1-7-6-16-12(5-10(7)15)17-11-3-2-8(13)4-9(11)14/h2-6H,1H3,(H3,15,16,17). The highest BCUT2D eigenvalue weighted by Crippen LogP contribution is 2.25. The lowest BCUT2D eigenvalue weighted by atomic mass is 10.2. The molecule has 5 heteroatoms. The number of halogens is 2. The van der Waals surface area contributed by atoms with Crippen molar-refractivity contribution in [2.45, 2.75) is 6.92 Å². The summed E-state index contributed by atoms with van der Waals surface area (Å²) in [5, 5.41) is 3.93. The smallest absolute Gasteiger partial charge is 0.132 e. The van der Waals surface area contributed by atoms with E-state index < -0.39 is 0 Å². The van der Waals surface area contributed by atoms with Gasteiger partial charge in [-0.05, 0) is 53.3 Å². The molecule has 0 atom stereocenters. The van der Waals surface area contributed by atoms with Crippen LogP contribution in [0.25, 0.3) is 0 Å². The molecule has 17 heavy (non-hydrogen) atoms. The van der Waals surface area contributed by atoms with Crippen LogP contribution in [-0.2, 0) is 0 Å². The second kappa shape index (κ2) is 5.10. The number of rotatable bonds is 2. The molecule has 0 fully saturated rings. The van der Waals surface area contributed by atoms with Gasteiger partial charge in [-0.3, -0.25) is 0 Å². The summed E-state index contributed by atoms with van der Waals surface area (Å²) in [6.07, 6.45) is 1.75. The maximum atomic E-state index is 5.90. The normalized spacial score (nSPS) is 10.3. The van der Waals surface area contributed by atoms with Crippen LogP contribution in [0.5, 0.6) is 0 Å². The molecule has 2 rings (SSSR count). The van der Waals surface area contributed by atoms with E-state index in [1.165, 1.54) is 0 Å². The Labute approximate surface area is 119 Å². The van der Waals surface area contributed by atoms with Gasteiger partial charge in [-0.25, -0.2) is 4.98 Å². The van der Waals surface area contributed by atoms with Gasteiger partial charge in [-0.2, -0.15) is 0 Å². The van der Waals surface area contributed by atoms with Crippen molar-refractivity contribution < 1.29 is 0 Å². The molecule has 2 aromatic rings. The summed E-state index contributed by atoms with van der Waals surface area (Å²) in [4.78, 5) is 4.27. The molecule has 0 unspecified atom stereocenters. The Morgan fingerprint density at radius 1 is 1.35 bits per heavy atom. The fourth-order valence-corrected chi connectivity index (χ4v) is 2.34. The summed E-state index contributed by atoms with van der Waals surface area (Å²) >= 11 is 8.12. The Hall–Kier alpha value is -1.01. The molecule has 0 aliphatic carbocycles. The van der Waals surface area contributed by atoms with Gasteiger partial charge in [0, 0.05) is 26.5 Å². The second-order valence-corrected chi connectivity index (χ2v) is 5.27. The number of nitrogen functional groups attached to an aromatic ring is 1.